The second kappa shape index (κ2) is 6.67. The topological polar surface area (TPSA) is 34.0 Å². The van der Waals surface area contributed by atoms with Gasteiger partial charge in [-0.15, -0.1) is 5.10 Å². The first-order chi connectivity index (χ1) is 12.3. The van der Waals surface area contributed by atoms with Gasteiger partial charge in [-0.05, 0) is 43.0 Å². The molecular formula is C20H21FN4. The summed E-state index contributed by atoms with van der Waals surface area (Å²) in [4.78, 5) is 2.43. The third-order valence-electron chi connectivity index (χ3n) is 4.96. The average molecular weight is 336 g/mol. The van der Waals surface area contributed by atoms with Crippen molar-refractivity contribution in [2.75, 3.05) is 18.0 Å². The van der Waals surface area contributed by atoms with Gasteiger partial charge in [-0.3, -0.25) is 0 Å². The van der Waals surface area contributed by atoms with E-state index in [4.69, 9.17) is 0 Å². The molecule has 3 aromatic rings. The molecule has 0 fully saturated rings. The zero-order chi connectivity index (χ0) is 17.2. The van der Waals surface area contributed by atoms with Crippen LogP contribution in [0.1, 0.15) is 29.7 Å². The first-order valence-electron chi connectivity index (χ1n) is 8.73. The van der Waals surface area contributed by atoms with Crippen LogP contribution in [-0.2, 0) is 12.8 Å². The third-order valence-corrected chi connectivity index (χ3v) is 4.96. The molecule has 0 saturated carbocycles. The van der Waals surface area contributed by atoms with E-state index in [1.54, 1.807) is 6.20 Å². The first kappa shape index (κ1) is 15.8. The molecule has 0 amide bonds. The van der Waals surface area contributed by atoms with Crippen molar-refractivity contribution in [3.63, 3.8) is 0 Å². The number of aromatic nitrogens is 3. The third kappa shape index (κ3) is 3.02. The SMILES string of the molecule is CCN1CCc2cccc(C(Cc3ccc(F)cc3)n3ccnn3)c21. The van der Waals surface area contributed by atoms with Crippen LogP contribution in [0.3, 0.4) is 0 Å². The fraction of sp³-hybridized carbons (Fsp3) is 0.300. The smallest absolute Gasteiger partial charge is 0.123 e. The van der Waals surface area contributed by atoms with E-state index in [0.29, 0.717) is 0 Å². The monoisotopic (exact) mass is 336 g/mol. The second-order valence-electron chi connectivity index (χ2n) is 6.41. The number of hydrogen-bond acceptors (Lipinski definition) is 3. The molecule has 1 unspecified atom stereocenters. The maximum atomic E-state index is 13.3. The van der Waals surface area contributed by atoms with Crippen molar-refractivity contribution in [3.8, 4) is 0 Å². The van der Waals surface area contributed by atoms with E-state index in [-0.39, 0.29) is 11.9 Å². The Morgan fingerprint density at radius 2 is 2.00 bits per heavy atom. The summed E-state index contributed by atoms with van der Waals surface area (Å²) in [7, 11) is 0. The fourth-order valence-corrected chi connectivity index (χ4v) is 3.72. The molecule has 2 aromatic carbocycles. The predicted octanol–water partition coefficient (Wildman–Crippen LogP) is 3.63. The molecule has 0 radical (unpaired) electrons. The van der Waals surface area contributed by atoms with Gasteiger partial charge in [0.1, 0.15) is 5.82 Å². The lowest BCUT2D eigenvalue weighted by Gasteiger charge is -2.25. The van der Waals surface area contributed by atoms with Crippen molar-refractivity contribution in [2.45, 2.75) is 25.8 Å². The minimum absolute atomic E-state index is 0.0371. The summed E-state index contributed by atoms with van der Waals surface area (Å²) < 4.78 is 15.2. The van der Waals surface area contributed by atoms with Crippen molar-refractivity contribution >= 4 is 5.69 Å². The van der Waals surface area contributed by atoms with Gasteiger partial charge >= 0.3 is 0 Å². The summed E-state index contributed by atoms with van der Waals surface area (Å²) in [5, 5.41) is 8.25. The van der Waals surface area contributed by atoms with Gasteiger partial charge < -0.3 is 4.90 Å². The van der Waals surface area contributed by atoms with Gasteiger partial charge in [0.05, 0.1) is 12.2 Å². The Morgan fingerprint density at radius 1 is 1.16 bits per heavy atom. The lowest BCUT2D eigenvalue weighted by atomic mass is 9.95. The molecule has 5 heteroatoms. The molecule has 4 nitrogen and oxygen atoms in total. The summed E-state index contributed by atoms with van der Waals surface area (Å²) >= 11 is 0. The lowest BCUT2D eigenvalue weighted by molar-refractivity contribution is 0.503. The predicted molar refractivity (Wildman–Crippen MR) is 96.3 cm³/mol. The van der Waals surface area contributed by atoms with Gasteiger partial charge in [-0.1, -0.05) is 35.5 Å². The maximum Gasteiger partial charge on any atom is 0.123 e. The minimum Gasteiger partial charge on any atom is -0.371 e. The summed E-state index contributed by atoms with van der Waals surface area (Å²) in [6.07, 6.45) is 5.44. The van der Waals surface area contributed by atoms with Gasteiger partial charge in [0.15, 0.2) is 0 Å². The van der Waals surface area contributed by atoms with Gasteiger partial charge in [0, 0.05) is 30.5 Å². The fourth-order valence-electron chi connectivity index (χ4n) is 3.72. The number of likely N-dealkylation sites (N-methyl/N-ethyl adjacent to an activating group) is 1. The van der Waals surface area contributed by atoms with Crippen molar-refractivity contribution < 1.29 is 4.39 Å². The van der Waals surface area contributed by atoms with E-state index in [2.05, 4.69) is 40.3 Å². The number of fused-ring (bicyclic) bond motifs is 1. The Hall–Kier alpha value is -2.69. The Labute approximate surface area is 146 Å². The number of hydrogen-bond donors (Lipinski definition) is 0. The molecular weight excluding hydrogens is 315 g/mol. The lowest BCUT2D eigenvalue weighted by Crippen LogP contribution is -2.23. The second-order valence-corrected chi connectivity index (χ2v) is 6.41. The average Bonchev–Trinajstić information content (AvgIpc) is 3.30. The number of para-hydroxylation sites is 1. The van der Waals surface area contributed by atoms with E-state index < -0.39 is 0 Å². The summed E-state index contributed by atoms with van der Waals surface area (Å²) in [6.45, 7) is 4.24. The quantitative estimate of drug-likeness (QED) is 0.713. The van der Waals surface area contributed by atoms with E-state index in [1.807, 2.05) is 23.0 Å². The molecule has 0 aliphatic carbocycles. The number of benzene rings is 2. The molecule has 0 bridgehead atoms. The van der Waals surface area contributed by atoms with Crippen molar-refractivity contribution in [1.82, 2.24) is 15.0 Å². The number of anilines is 1. The van der Waals surface area contributed by atoms with Crippen LogP contribution in [-0.4, -0.2) is 28.1 Å². The summed E-state index contributed by atoms with van der Waals surface area (Å²) in [5.41, 5.74) is 5.06. The highest BCUT2D eigenvalue weighted by atomic mass is 19.1. The van der Waals surface area contributed by atoms with Gasteiger partial charge in [-0.2, -0.15) is 0 Å². The number of nitrogens with zero attached hydrogens (tertiary/aromatic N) is 4. The van der Waals surface area contributed by atoms with Crippen LogP contribution in [0, 0.1) is 5.82 Å². The standard InChI is InChI=1S/C20H21FN4/c1-2-24-12-10-16-4-3-5-18(20(16)24)19(25-13-11-22-23-25)14-15-6-8-17(21)9-7-15/h3-9,11,13,19H,2,10,12,14H2,1H3. The first-order valence-corrected chi connectivity index (χ1v) is 8.73. The Kier molecular flexibility index (Phi) is 4.22. The van der Waals surface area contributed by atoms with Crippen molar-refractivity contribution in [3.05, 3.63) is 77.4 Å². The zero-order valence-electron chi connectivity index (χ0n) is 14.3. The molecule has 0 N–H and O–H groups in total. The van der Waals surface area contributed by atoms with Gasteiger partial charge in [0.2, 0.25) is 0 Å². The maximum absolute atomic E-state index is 13.3. The van der Waals surface area contributed by atoms with E-state index >= 15 is 0 Å². The van der Waals surface area contributed by atoms with Crippen molar-refractivity contribution in [2.24, 2.45) is 0 Å². The molecule has 4 rings (SSSR count). The van der Waals surface area contributed by atoms with Crippen LogP contribution in [0.25, 0.3) is 0 Å². The summed E-state index contributed by atoms with van der Waals surface area (Å²) in [6, 6.07) is 13.3. The molecule has 2 heterocycles. The summed E-state index contributed by atoms with van der Waals surface area (Å²) in [5.74, 6) is -0.209. The number of halogens is 1. The van der Waals surface area contributed by atoms with E-state index in [0.717, 1.165) is 31.5 Å². The highest BCUT2D eigenvalue weighted by molar-refractivity contribution is 5.64. The zero-order valence-corrected chi connectivity index (χ0v) is 14.3. The molecule has 0 saturated heterocycles. The molecule has 0 spiro atoms. The molecule has 25 heavy (non-hydrogen) atoms. The Morgan fingerprint density at radius 3 is 2.72 bits per heavy atom. The normalized spacial score (nSPS) is 14.6. The largest absolute Gasteiger partial charge is 0.371 e. The highest BCUT2D eigenvalue weighted by Gasteiger charge is 2.26. The molecule has 1 atom stereocenters. The molecule has 1 aliphatic heterocycles. The molecule has 1 aromatic heterocycles. The Bertz CT molecular complexity index is 843. The van der Waals surface area contributed by atoms with Crippen LogP contribution in [0.2, 0.25) is 0 Å². The van der Waals surface area contributed by atoms with Crippen LogP contribution in [0.4, 0.5) is 10.1 Å². The molecule has 1 aliphatic rings. The molecule has 128 valence electrons. The van der Waals surface area contributed by atoms with Crippen molar-refractivity contribution in [1.29, 1.82) is 0 Å². The number of rotatable bonds is 5. The van der Waals surface area contributed by atoms with Crippen LogP contribution in [0.5, 0.6) is 0 Å². The van der Waals surface area contributed by atoms with Crippen LogP contribution < -0.4 is 4.90 Å². The van der Waals surface area contributed by atoms with Crippen LogP contribution >= 0.6 is 0 Å². The van der Waals surface area contributed by atoms with Crippen LogP contribution in [0.15, 0.2) is 54.9 Å². The van der Waals surface area contributed by atoms with Gasteiger partial charge in [0.25, 0.3) is 0 Å². The Balaban J connectivity index is 1.77. The van der Waals surface area contributed by atoms with Gasteiger partial charge in [-0.25, -0.2) is 9.07 Å². The van der Waals surface area contributed by atoms with E-state index in [9.17, 15) is 4.39 Å². The minimum atomic E-state index is -0.209. The highest BCUT2D eigenvalue weighted by Crippen LogP contribution is 2.37. The van der Waals surface area contributed by atoms with E-state index in [1.165, 1.54) is 28.9 Å².